The molecule has 0 spiro atoms. The average Bonchev–Trinajstić information content (AvgIpc) is 2.77. The van der Waals surface area contributed by atoms with Gasteiger partial charge in [0.15, 0.2) is 0 Å². The molecule has 0 aliphatic rings. The Labute approximate surface area is 207 Å². The number of carboxylic acid groups (broad SMARTS) is 1. The second kappa shape index (κ2) is 12.2. The number of carboxylic acids is 1. The molecule has 35 heavy (non-hydrogen) atoms. The minimum Gasteiger partial charge on any atom is -0.481 e. The fraction of sp³-hybridized carbons (Fsp3) is 0.480. The van der Waals surface area contributed by atoms with Gasteiger partial charge in [0.05, 0.1) is 35.8 Å². The molecule has 2 atom stereocenters. The summed E-state index contributed by atoms with van der Waals surface area (Å²) in [6.07, 6.45) is 0.223. The SMILES string of the molecule is CCN(c1nc(-c2ccc(C)cc2)c(/C=C/[C@@H](O)C[C@@H](O)CC(=O)O)c(C(C)C)n1)S(=O)(=O)CC. The Morgan fingerprint density at radius 2 is 1.74 bits per heavy atom. The second-order valence-electron chi connectivity index (χ2n) is 8.67. The van der Waals surface area contributed by atoms with Crippen LogP contribution in [0.3, 0.4) is 0 Å². The molecule has 0 saturated carbocycles. The molecule has 1 aromatic heterocycles. The third-order valence-electron chi connectivity index (χ3n) is 5.45. The maximum absolute atomic E-state index is 12.7. The monoisotopic (exact) mass is 505 g/mol. The van der Waals surface area contributed by atoms with E-state index in [0.29, 0.717) is 17.0 Å². The topological polar surface area (TPSA) is 141 Å². The molecule has 9 nitrogen and oxygen atoms in total. The van der Waals surface area contributed by atoms with Gasteiger partial charge in [0.25, 0.3) is 0 Å². The highest BCUT2D eigenvalue weighted by molar-refractivity contribution is 7.92. The Kier molecular flexibility index (Phi) is 9.93. The molecule has 0 radical (unpaired) electrons. The molecular weight excluding hydrogens is 470 g/mol. The van der Waals surface area contributed by atoms with Gasteiger partial charge in [-0.3, -0.25) is 4.79 Å². The van der Waals surface area contributed by atoms with Gasteiger partial charge in [-0.25, -0.2) is 22.7 Å². The first-order chi connectivity index (χ1) is 16.4. The third kappa shape index (κ3) is 7.58. The molecule has 2 rings (SSSR count). The molecule has 0 aliphatic heterocycles. The van der Waals surface area contributed by atoms with Crippen molar-refractivity contribution in [2.24, 2.45) is 0 Å². The fourth-order valence-electron chi connectivity index (χ4n) is 3.59. The number of carbonyl (C=O) groups is 1. The summed E-state index contributed by atoms with van der Waals surface area (Å²) in [7, 11) is -3.60. The Morgan fingerprint density at radius 3 is 2.26 bits per heavy atom. The normalized spacial score (nSPS) is 13.8. The summed E-state index contributed by atoms with van der Waals surface area (Å²) in [5, 5.41) is 29.1. The van der Waals surface area contributed by atoms with Crippen molar-refractivity contribution >= 4 is 28.0 Å². The van der Waals surface area contributed by atoms with E-state index in [1.165, 1.54) is 10.4 Å². The van der Waals surface area contributed by atoms with E-state index in [1.54, 1.807) is 19.9 Å². The van der Waals surface area contributed by atoms with Crippen molar-refractivity contribution in [1.82, 2.24) is 9.97 Å². The number of rotatable bonds is 12. The van der Waals surface area contributed by atoms with E-state index in [0.717, 1.165) is 11.1 Å². The van der Waals surface area contributed by atoms with Crippen molar-refractivity contribution < 1.29 is 28.5 Å². The number of benzene rings is 1. The van der Waals surface area contributed by atoms with E-state index < -0.39 is 34.6 Å². The lowest BCUT2D eigenvalue weighted by Gasteiger charge is -2.23. The highest BCUT2D eigenvalue weighted by Crippen LogP contribution is 2.32. The van der Waals surface area contributed by atoms with Crippen LogP contribution in [0.25, 0.3) is 17.3 Å². The second-order valence-corrected chi connectivity index (χ2v) is 10.9. The number of aromatic nitrogens is 2. The van der Waals surface area contributed by atoms with Crippen LogP contribution >= 0.6 is 0 Å². The Hall–Kier alpha value is -2.82. The molecule has 0 fully saturated rings. The first kappa shape index (κ1) is 28.4. The summed E-state index contributed by atoms with van der Waals surface area (Å²) in [5.41, 5.74) is 3.54. The van der Waals surface area contributed by atoms with E-state index in [2.05, 4.69) is 9.97 Å². The Bertz CT molecular complexity index is 1150. The summed E-state index contributed by atoms with van der Waals surface area (Å²) in [4.78, 5) is 20.1. The van der Waals surface area contributed by atoms with E-state index in [-0.39, 0.29) is 30.6 Å². The van der Waals surface area contributed by atoms with Crippen LogP contribution < -0.4 is 4.31 Å². The van der Waals surface area contributed by atoms with Crippen LogP contribution in [0.5, 0.6) is 0 Å². The average molecular weight is 506 g/mol. The van der Waals surface area contributed by atoms with Gasteiger partial charge in [0.1, 0.15) is 0 Å². The molecule has 1 aromatic carbocycles. The van der Waals surface area contributed by atoms with Gasteiger partial charge in [-0.15, -0.1) is 0 Å². The molecule has 10 heteroatoms. The maximum atomic E-state index is 12.7. The smallest absolute Gasteiger partial charge is 0.305 e. The molecule has 3 N–H and O–H groups in total. The number of aliphatic carboxylic acids is 1. The number of anilines is 1. The zero-order valence-electron chi connectivity index (χ0n) is 20.8. The number of hydrogen-bond donors (Lipinski definition) is 3. The maximum Gasteiger partial charge on any atom is 0.305 e. The van der Waals surface area contributed by atoms with Crippen LogP contribution in [0.4, 0.5) is 5.95 Å². The summed E-state index contributed by atoms with van der Waals surface area (Å²) in [5.74, 6) is -1.25. The standard InChI is InChI=1S/C25H35N3O6S/c1-6-28(35(33,34)7-2)25-26-23(16(3)4)21(13-12-19(29)14-20(30)15-22(31)32)24(27-25)18-10-8-17(5)9-11-18/h8-13,16,19-20,29-30H,6-7,14-15H2,1-5H3,(H,31,32)/b13-12+/t19-,20-/m1/s1. The van der Waals surface area contributed by atoms with Crippen molar-refractivity contribution in [3.05, 3.63) is 47.2 Å². The van der Waals surface area contributed by atoms with Gasteiger partial charge >= 0.3 is 5.97 Å². The third-order valence-corrected chi connectivity index (χ3v) is 7.28. The van der Waals surface area contributed by atoms with Gasteiger partial charge in [-0.2, -0.15) is 0 Å². The summed E-state index contributed by atoms with van der Waals surface area (Å²) in [6, 6.07) is 7.63. The van der Waals surface area contributed by atoms with Gasteiger partial charge in [-0.05, 0) is 26.7 Å². The highest BCUT2D eigenvalue weighted by atomic mass is 32.2. The lowest BCUT2D eigenvalue weighted by molar-refractivity contribution is -0.139. The van der Waals surface area contributed by atoms with Crippen molar-refractivity contribution in [2.75, 3.05) is 16.6 Å². The Morgan fingerprint density at radius 1 is 1.11 bits per heavy atom. The summed E-state index contributed by atoms with van der Waals surface area (Å²) >= 11 is 0. The highest BCUT2D eigenvalue weighted by Gasteiger charge is 2.25. The minimum atomic E-state index is -3.60. The van der Waals surface area contributed by atoms with Gasteiger partial charge in [0.2, 0.25) is 16.0 Å². The van der Waals surface area contributed by atoms with Crippen LogP contribution in [0.1, 0.15) is 63.3 Å². The largest absolute Gasteiger partial charge is 0.481 e. The number of sulfonamides is 1. The number of nitrogens with zero attached hydrogens (tertiary/aromatic N) is 3. The molecule has 2 aromatic rings. The number of aliphatic hydroxyl groups is 2. The molecular formula is C25H35N3O6S. The number of aryl methyl sites for hydroxylation is 1. The van der Waals surface area contributed by atoms with Crippen molar-refractivity contribution in [3.8, 4) is 11.3 Å². The molecule has 192 valence electrons. The molecule has 0 bridgehead atoms. The van der Waals surface area contributed by atoms with E-state index in [4.69, 9.17) is 5.11 Å². The Balaban J connectivity index is 2.67. The zero-order chi connectivity index (χ0) is 26.3. The minimum absolute atomic E-state index is 0.0863. The van der Waals surface area contributed by atoms with E-state index in [1.807, 2.05) is 45.0 Å². The van der Waals surface area contributed by atoms with Crippen LogP contribution in [0.2, 0.25) is 0 Å². The first-order valence-electron chi connectivity index (χ1n) is 11.6. The van der Waals surface area contributed by atoms with Gasteiger partial charge in [-0.1, -0.05) is 55.8 Å². The lowest BCUT2D eigenvalue weighted by atomic mass is 9.97. The zero-order valence-corrected chi connectivity index (χ0v) is 21.7. The van der Waals surface area contributed by atoms with Gasteiger partial charge in [0, 0.05) is 24.1 Å². The number of hydrogen-bond acceptors (Lipinski definition) is 7. The summed E-state index contributed by atoms with van der Waals surface area (Å²) in [6.45, 7) is 9.29. The van der Waals surface area contributed by atoms with E-state index >= 15 is 0 Å². The molecule has 0 saturated heterocycles. The lowest BCUT2D eigenvalue weighted by Crippen LogP contribution is -2.34. The molecule has 1 heterocycles. The predicted molar refractivity (Wildman–Crippen MR) is 137 cm³/mol. The van der Waals surface area contributed by atoms with Crippen molar-refractivity contribution in [2.45, 2.75) is 65.6 Å². The van der Waals surface area contributed by atoms with Crippen LogP contribution in [-0.2, 0) is 14.8 Å². The van der Waals surface area contributed by atoms with E-state index in [9.17, 15) is 23.4 Å². The fourth-order valence-corrected chi connectivity index (χ4v) is 4.63. The number of aliphatic hydroxyl groups excluding tert-OH is 2. The predicted octanol–water partition coefficient (Wildman–Crippen LogP) is 3.35. The van der Waals surface area contributed by atoms with Crippen LogP contribution in [0.15, 0.2) is 30.3 Å². The molecule has 0 amide bonds. The van der Waals surface area contributed by atoms with Crippen molar-refractivity contribution in [3.63, 3.8) is 0 Å². The summed E-state index contributed by atoms with van der Waals surface area (Å²) < 4.78 is 26.6. The van der Waals surface area contributed by atoms with Crippen LogP contribution in [-0.4, -0.2) is 64.2 Å². The van der Waals surface area contributed by atoms with Crippen LogP contribution in [0, 0.1) is 6.92 Å². The molecule has 0 aliphatic carbocycles. The molecule has 0 unspecified atom stereocenters. The quantitative estimate of drug-likeness (QED) is 0.399. The van der Waals surface area contributed by atoms with Crippen molar-refractivity contribution in [1.29, 1.82) is 0 Å². The first-order valence-corrected chi connectivity index (χ1v) is 13.3. The van der Waals surface area contributed by atoms with Gasteiger partial charge < -0.3 is 15.3 Å².